The van der Waals surface area contributed by atoms with Gasteiger partial charge in [-0.25, -0.2) is 0 Å². The van der Waals surface area contributed by atoms with Crippen LogP contribution in [0.5, 0.6) is 0 Å². The van der Waals surface area contributed by atoms with Gasteiger partial charge in [-0.3, -0.25) is 9.59 Å². The van der Waals surface area contributed by atoms with Gasteiger partial charge in [-0.1, -0.05) is 11.8 Å². The Hall–Kier alpha value is -1.57. The third-order valence-corrected chi connectivity index (χ3v) is 4.01. The Labute approximate surface area is 121 Å². The van der Waals surface area contributed by atoms with Crippen LogP contribution in [0.3, 0.4) is 0 Å². The van der Waals surface area contributed by atoms with E-state index < -0.39 is 5.97 Å². The third kappa shape index (κ3) is 3.72. The van der Waals surface area contributed by atoms with Crippen molar-refractivity contribution in [1.82, 2.24) is 19.7 Å². The molecule has 2 rings (SSSR count). The monoisotopic (exact) mass is 298 g/mol. The smallest absolute Gasteiger partial charge is 0.313 e. The molecule has 1 saturated carbocycles. The van der Waals surface area contributed by atoms with Gasteiger partial charge in [0.1, 0.15) is 5.82 Å². The highest BCUT2D eigenvalue weighted by atomic mass is 32.2. The summed E-state index contributed by atoms with van der Waals surface area (Å²) in [5.74, 6) is 0.391. The number of carboxylic acid groups (broad SMARTS) is 1. The average Bonchev–Trinajstić information content (AvgIpc) is 3.15. The molecule has 1 N–H and O–H groups in total. The van der Waals surface area contributed by atoms with Crippen molar-refractivity contribution < 1.29 is 14.7 Å². The fourth-order valence-electron chi connectivity index (χ4n) is 1.82. The molecule has 20 heavy (non-hydrogen) atoms. The van der Waals surface area contributed by atoms with Crippen LogP contribution in [0.15, 0.2) is 5.16 Å². The lowest BCUT2D eigenvalue weighted by Gasteiger charge is -2.12. The molecular formula is C12H18N4O3S. The number of aromatic nitrogens is 3. The fraction of sp³-hybridized carbons (Fsp3) is 0.667. The highest BCUT2D eigenvalue weighted by Crippen LogP contribution is 2.40. The highest BCUT2D eigenvalue weighted by molar-refractivity contribution is 7.99. The molecule has 1 aliphatic rings. The molecule has 0 aromatic carbocycles. The number of rotatable bonds is 7. The number of hydrogen-bond donors (Lipinski definition) is 1. The molecule has 1 amide bonds. The van der Waals surface area contributed by atoms with Gasteiger partial charge in [0.2, 0.25) is 5.91 Å². The van der Waals surface area contributed by atoms with Gasteiger partial charge in [-0.2, -0.15) is 0 Å². The summed E-state index contributed by atoms with van der Waals surface area (Å²) in [4.78, 5) is 23.9. The molecule has 1 heterocycles. The van der Waals surface area contributed by atoms with Crippen molar-refractivity contribution in [1.29, 1.82) is 0 Å². The summed E-state index contributed by atoms with van der Waals surface area (Å²) in [5.41, 5.74) is 0. The van der Waals surface area contributed by atoms with Gasteiger partial charge in [0, 0.05) is 33.0 Å². The van der Waals surface area contributed by atoms with Gasteiger partial charge in [0.05, 0.1) is 5.75 Å². The van der Waals surface area contributed by atoms with Crippen molar-refractivity contribution in [3.8, 4) is 0 Å². The Balaban J connectivity index is 2.08. The molecule has 110 valence electrons. The van der Waals surface area contributed by atoms with Crippen molar-refractivity contribution >= 4 is 23.6 Å². The summed E-state index contributed by atoms with van der Waals surface area (Å²) in [6.45, 7) is 0.498. The number of hydrogen-bond acceptors (Lipinski definition) is 5. The van der Waals surface area contributed by atoms with Crippen molar-refractivity contribution in [3.05, 3.63) is 5.82 Å². The highest BCUT2D eigenvalue weighted by Gasteiger charge is 2.30. The summed E-state index contributed by atoms with van der Waals surface area (Å²) in [6.07, 6.45) is 2.54. The first-order chi connectivity index (χ1) is 9.49. The average molecular weight is 298 g/mol. The standard InChI is InChI=1S/C12H18N4O3S/c1-15(2)9(17)5-6-16-11(8-3-4-8)13-14-12(16)20-7-10(18)19/h8H,3-7H2,1-2H3,(H,18,19). The lowest BCUT2D eigenvalue weighted by Crippen LogP contribution is -2.23. The van der Waals surface area contributed by atoms with Crippen LogP contribution in [0.4, 0.5) is 0 Å². The molecule has 0 bridgehead atoms. The van der Waals surface area contributed by atoms with E-state index in [1.165, 1.54) is 0 Å². The van der Waals surface area contributed by atoms with Crippen LogP contribution < -0.4 is 0 Å². The van der Waals surface area contributed by atoms with E-state index in [1.54, 1.807) is 19.0 Å². The Bertz CT molecular complexity index is 511. The summed E-state index contributed by atoms with van der Waals surface area (Å²) in [7, 11) is 3.44. The predicted octanol–water partition coefficient (Wildman–Crippen LogP) is 0.810. The molecular weight excluding hydrogens is 280 g/mol. The SMILES string of the molecule is CN(C)C(=O)CCn1c(SCC(=O)O)nnc1C1CC1. The summed E-state index contributed by atoms with van der Waals surface area (Å²) in [6, 6.07) is 0. The van der Waals surface area contributed by atoms with E-state index in [0.29, 0.717) is 24.0 Å². The van der Waals surface area contributed by atoms with Crippen LogP contribution in [0.2, 0.25) is 0 Å². The van der Waals surface area contributed by atoms with Crippen molar-refractivity contribution in [2.45, 2.75) is 36.9 Å². The Kier molecular flexibility index (Phi) is 4.64. The van der Waals surface area contributed by atoms with E-state index >= 15 is 0 Å². The van der Waals surface area contributed by atoms with Crippen molar-refractivity contribution in [2.24, 2.45) is 0 Å². The molecule has 1 aliphatic carbocycles. The molecule has 0 unspecified atom stereocenters. The maximum atomic E-state index is 11.7. The normalized spacial score (nSPS) is 14.3. The zero-order valence-electron chi connectivity index (χ0n) is 11.6. The summed E-state index contributed by atoms with van der Waals surface area (Å²) < 4.78 is 1.90. The zero-order valence-corrected chi connectivity index (χ0v) is 12.4. The van der Waals surface area contributed by atoms with Crippen LogP contribution in [-0.2, 0) is 16.1 Å². The Morgan fingerprint density at radius 3 is 2.65 bits per heavy atom. The molecule has 0 atom stereocenters. The minimum Gasteiger partial charge on any atom is -0.481 e. The minimum absolute atomic E-state index is 0.0367. The van der Waals surface area contributed by atoms with Crippen LogP contribution >= 0.6 is 11.8 Å². The molecule has 1 aromatic heterocycles. The second kappa shape index (κ2) is 6.25. The molecule has 8 heteroatoms. The topological polar surface area (TPSA) is 88.3 Å². The third-order valence-electron chi connectivity index (χ3n) is 3.06. The van der Waals surface area contributed by atoms with Gasteiger partial charge < -0.3 is 14.6 Å². The number of amides is 1. The maximum Gasteiger partial charge on any atom is 0.313 e. The number of carboxylic acids is 1. The fourth-order valence-corrected chi connectivity index (χ4v) is 2.51. The van der Waals surface area contributed by atoms with E-state index in [9.17, 15) is 9.59 Å². The van der Waals surface area contributed by atoms with E-state index in [-0.39, 0.29) is 11.7 Å². The van der Waals surface area contributed by atoms with Crippen molar-refractivity contribution in [3.63, 3.8) is 0 Å². The number of carbonyl (C=O) groups is 2. The van der Waals surface area contributed by atoms with Gasteiger partial charge in [0.25, 0.3) is 0 Å². The van der Waals surface area contributed by atoms with Crippen LogP contribution in [0, 0.1) is 0 Å². The molecule has 0 spiro atoms. The first kappa shape index (κ1) is 14.8. The first-order valence-corrected chi connectivity index (χ1v) is 7.45. The van der Waals surface area contributed by atoms with E-state index in [4.69, 9.17) is 5.11 Å². The van der Waals surface area contributed by atoms with E-state index in [1.807, 2.05) is 4.57 Å². The number of aliphatic carboxylic acids is 1. The second-order valence-corrected chi connectivity index (χ2v) is 5.93. The van der Waals surface area contributed by atoms with Gasteiger partial charge in [-0.05, 0) is 12.8 Å². The molecule has 7 nitrogen and oxygen atoms in total. The Morgan fingerprint density at radius 1 is 1.40 bits per heavy atom. The molecule has 1 aromatic rings. The second-order valence-electron chi connectivity index (χ2n) is 4.99. The molecule has 0 saturated heterocycles. The molecule has 1 fully saturated rings. The van der Waals surface area contributed by atoms with Gasteiger partial charge >= 0.3 is 5.97 Å². The number of nitrogens with zero attached hydrogens (tertiary/aromatic N) is 4. The maximum absolute atomic E-state index is 11.7. The van der Waals surface area contributed by atoms with E-state index in [2.05, 4.69) is 10.2 Å². The van der Waals surface area contributed by atoms with Crippen LogP contribution in [0.25, 0.3) is 0 Å². The quantitative estimate of drug-likeness (QED) is 0.749. The van der Waals surface area contributed by atoms with Gasteiger partial charge in [-0.15, -0.1) is 10.2 Å². The first-order valence-electron chi connectivity index (χ1n) is 6.47. The zero-order chi connectivity index (χ0) is 14.7. The molecule has 0 radical (unpaired) electrons. The van der Waals surface area contributed by atoms with Gasteiger partial charge in [0.15, 0.2) is 5.16 Å². The predicted molar refractivity (Wildman–Crippen MR) is 73.7 cm³/mol. The van der Waals surface area contributed by atoms with Crippen LogP contribution in [-0.4, -0.2) is 56.5 Å². The summed E-state index contributed by atoms with van der Waals surface area (Å²) in [5, 5.41) is 17.5. The lowest BCUT2D eigenvalue weighted by molar-refractivity contribution is -0.134. The number of carbonyl (C=O) groups excluding carboxylic acids is 1. The molecule has 0 aliphatic heterocycles. The van der Waals surface area contributed by atoms with E-state index in [0.717, 1.165) is 30.4 Å². The lowest BCUT2D eigenvalue weighted by atomic mass is 10.3. The van der Waals surface area contributed by atoms with Crippen molar-refractivity contribution in [2.75, 3.05) is 19.8 Å². The largest absolute Gasteiger partial charge is 0.481 e. The summed E-state index contributed by atoms with van der Waals surface area (Å²) >= 11 is 1.15. The minimum atomic E-state index is -0.887. The Morgan fingerprint density at radius 2 is 2.10 bits per heavy atom. The van der Waals surface area contributed by atoms with Crippen LogP contribution in [0.1, 0.15) is 31.0 Å². The number of thioether (sulfide) groups is 1.